The molecule has 0 bridgehead atoms. The molecule has 4 nitrogen and oxygen atoms in total. The Balaban J connectivity index is 1.90. The van der Waals surface area contributed by atoms with Gasteiger partial charge in [-0.25, -0.2) is 0 Å². The molecule has 2 heterocycles. The highest BCUT2D eigenvalue weighted by Gasteiger charge is 2.18. The van der Waals surface area contributed by atoms with E-state index in [0.717, 1.165) is 22.6 Å². The molecule has 0 aromatic carbocycles. The van der Waals surface area contributed by atoms with Gasteiger partial charge in [-0.05, 0) is 31.4 Å². The van der Waals surface area contributed by atoms with Gasteiger partial charge >= 0.3 is 0 Å². The highest BCUT2D eigenvalue weighted by Crippen LogP contribution is 2.30. The van der Waals surface area contributed by atoms with E-state index in [1.165, 1.54) is 32.1 Å². The van der Waals surface area contributed by atoms with Gasteiger partial charge in [0.25, 0.3) is 0 Å². The van der Waals surface area contributed by atoms with Crippen LogP contribution in [0.15, 0.2) is 24.5 Å². The van der Waals surface area contributed by atoms with Gasteiger partial charge in [0, 0.05) is 12.4 Å². The van der Waals surface area contributed by atoms with Crippen LogP contribution in [0.1, 0.15) is 43.7 Å². The lowest BCUT2D eigenvalue weighted by Crippen LogP contribution is -2.13. The largest absolute Gasteiger partial charge is 0.396 e. The summed E-state index contributed by atoms with van der Waals surface area (Å²) in [6.45, 7) is 2.03. The van der Waals surface area contributed by atoms with E-state index in [1.54, 1.807) is 0 Å². The van der Waals surface area contributed by atoms with Crippen LogP contribution in [0.25, 0.3) is 11.4 Å². The van der Waals surface area contributed by atoms with Crippen LogP contribution in [0.4, 0.5) is 5.69 Å². The zero-order valence-corrected chi connectivity index (χ0v) is 11.3. The molecule has 19 heavy (non-hydrogen) atoms. The lowest BCUT2D eigenvalue weighted by Gasteiger charge is -2.21. The lowest BCUT2D eigenvalue weighted by molar-refractivity contribution is 0.330. The monoisotopic (exact) mass is 256 g/mol. The maximum Gasteiger partial charge on any atom is 0.134 e. The molecule has 2 aromatic heterocycles. The van der Waals surface area contributed by atoms with Crippen molar-refractivity contribution in [1.82, 2.24) is 14.8 Å². The van der Waals surface area contributed by atoms with Crippen LogP contribution in [-0.4, -0.2) is 14.8 Å². The van der Waals surface area contributed by atoms with E-state index in [4.69, 9.17) is 5.73 Å². The fraction of sp³-hybridized carbons (Fsp3) is 0.467. The highest BCUT2D eigenvalue weighted by molar-refractivity contribution is 5.68. The van der Waals surface area contributed by atoms with Crippen molar-refractivity contribution in [3.05, 3.63) is 30.1 Å². The second-order valence-corrected chi connectivity index (χ2v) is 5.43. The number of nitrogens with zero attached hydrogens (tertiary/aromatic N) is 3. The molecular formula is C15H20N4. The molecule has 0 spiro atoms. The third-order valence-corrected chi connectivity index (χ3v) is 3.86. The third kappa shape index (κ3) is 2.48. The van der Waals surface area contributed by atoms with Gasteiger partial charge in [0.05, 0.1) is 17.4 Å². The quantitative estimate of drug-likeness (QED) is 0.896. The van der Waals surface area contributed by atoms with E-state index >= 15 is 0 Å². The SMILES string of the molecule is Cc1ccc(-c2nn(C3CCCCC3)cc2N)nc1. The summed E-state index contributed by atoms with van der Waals surface area (Å²) in [5.74, 6) is 0. The summed E-state index contributed by atoms with van der Waals surface area (Å²) >= 11 is 0. The zero-order valence-electron chi connectivity index (χ0n) is 11.3. The molecule has 4 heteroatoms. The normalized spacial score (nSPS) is 16.7. The Morgan fingerprint density at radius 3 is 2.68 bits per heavy atom. The van der Waals surface area contributed by atoms with Crippen LogP contribution in [0.3, 0.4) is 0 Å². The molecule has 2 aromatic rings. The summed E-state index contributed by atoms with van der Waals surface area (Å²) in [7, 11) is 0. The van der Waals surface area contributed by atoms with Crippen LogP contribution < -0.4 is 5.73 Å². The average molecular weight is 256 g/mol. The standard InChI is InChI=1S/C15H20N4/c1-11-7-8-14(17-9-11)15-13(16)10-19(18-15)12-5-3-2-4-6-12/h7-10,12H,2-6,16H2,1H3. The van der Waals surface area contributed by atoms with Gasteiger partial charge in [0.2, 0.25) is 0 Å². The maximum atomic E-state index is 6.09. The van der Waals surface area contributed by atoms with Crippen LogP contribution in [0.2, 0.25) is 0 Å². The first kappa shape index (κ1) is 12.2. The van der Waals surface area contributed by atoms with Crippen molar-refractivity contribution in [1.29, 1.82) is 0 Å². The number of nitrogens with two attached hydrogens (primary N) is 1. The van der Waals surface area contributed by atoms with Crippen LogP contribution in [-0.2, 0) is 0 Å². The van der Waals surface area contributed by atoms with Crippen LogP contribution in [0, 0.1) is 6.92 Å². The van der Waals surface area contributed by atoms with Crippen LogP contribution >= 0.6 is 0 Å². The Hall–Kier alpha value is -1.84. The fourth-order valence-electron chi connectivity index (χ4n) is 2.75. The van der Waals surface area contributed by atoms with Gasteiger partial charge in [0.15, 0.2) is 0 Å². The Morgan fingerprint density at radius 2 is 2.00 bits per heavy atom. The van der Waals surface area contributed by atoms with E-state index in [9.17, 15) is 0 Å². The number of hydrogen-bond donors (Lipinski definition) is 1. The summed E-state index contributed by atoms with van der Waals surface area (Å²) in [4.78, 5) is 4.41. The maximum absolute atomic E-state index is 6.09. The molecule has 0 radical (unpaired) electrons. The van der Waals surface area contributed by atoms with E-state index < -0.39 is 0 Å². The molecule has 0 saturated heterocycles. The van der Waals surface area contributed by atoms with Crippen molar-refractivity contribution < 1.29 is 0 Å². The molecule has 1 aliphatic rings. The Morgan fingerprint density at radius 1 is 1.21 bits per heavy atom. The van der Waals surface area contributed by atoms with Gasteiger partial charge in [-0.2, -0.15) is 5.10 Å². The fourth-order valence-corrected chi connectivity index (χ4v) is 2.75. The summed E-state index contributed by atoms with van der Waals surface area (Å²) in [6.07, 6.45) is 10.2. The number of hydrogen-bond acceptors (Lipinski definition) is 3. The number of aryl methyl sites for hydroxylation is 1. The molecule has 1 aliphatic carbocycles. The highest BCUT2D eigenvalue weighted by atomic mass is 15.3. The molecule has 3 rings (SSSR count). The smallest absolute Gasteiger partial charge is 0.134 e. The van der Waals surface area contributed by atoms with E-state index in [1.807, 2.05) is 36.1 Å². The van der Waals surface area contributed by atoms with E-state index in [-0.39, 0.29) is 0 Å². The van der Waals surface area contributed by atoms with E-state index in [2.05, 4.69) is 10.1 Å². The van der Waals surface area contributed by atoms with E-state index in [0.29, 0.717) is 6.04 Å². The first-order valence-corrected chi connectivity index (χ1v) is 7.02. The van der Waals surface area contributed by atoms with Crippen molar-refractivity contribution >= 4 is 5.69 Å². The summed E-state index contributed by atoms with van der Waals surface area (Å²) < 4.78 is 2.05. The molecule has 100 valence electrons. The molecule has 0 atom stereocenters. The molecule has 0 amide bonds. The molecular weight excluding hydrogens is 236 g/mol. The minimum absolute atomic E-state index is 0.509. The molecule has 0 aliphatic heterocycles. The predicted molar refractivity (Wildman–Crippen MR) is 76.7 cm³/mol. The number of anilines is 1. The predicted octanol–water partition coefficient (Wildman–Crippen LogP) is 3.34. The van der Waals surface area contributed by atoms with Gasteiger partial charge in [-0.15, -0.1) is 0 Å². The number of rotatable bonds is 2. The Labute approximate surface area is 113 Å². The summed E-state index contributed by atoms with van der Waals surface area (Å²) in [5.41, 5.74) is 9.64. The summed E-state index contributed by atoms with van der Waals surface area (Å²) in [5, 5.41) is 4.66. The van der Waals surface area contributed by atoms with Gasteiger partial charge in [-0.3, -0.25) is 9.67 Å². The second kappa shape index (κ2) is 5.03. The minimum atomic E-state index is 0.509. The van der Waals surface area contributed by atoms with Gasteiger partial charge in [-0.1, -0.05) is 25.3 Å². The Kier molecular flexibility index (Phi) is 3.23. The number of pyridine rings is 1. The van der Waals surface area contributed by atoms with Crippen molar-refractivity contribution in [3.8, 4) is 11.4 Å². The topological polar surface area (TPSA) is 56.7 Å². The van der Waals surface area contributed by atoms with Gasteiger partial charge in [0.1, 0.15) is 5.69 Å². The van der Waals surface area contributed by atoms with Crippen LogP contribution in [0.5, 0.6) is 0 Å². The van der Waals surface area contributed by atoms with Crippen molar-refractivity contribution in [3.63, 3.8) is 0 Å². The van der Waals surface area contributed by atoms with Crippen molar-refractivity contribution in [2.45, 2.75) is 45.1 Å². The Bertz CT molecular complexity index is 550. The first-order chi connectivity index (χ1) is 9.24. The molecule has 0 unspecified atom stereocenters. The second-order valence-electron chi connectivity index (χ2n) is 5.43. The third-order valence-electron chi connectivity index (χ3n) is 3.86. The lowest BCUT2D eigenvalue weighted by atomic mass is 9.96. The molecule has 1 fully saturated rings. The molecule has 1 saturated carbocycles. The first-order valence-electron chi connectivity index (χ1n) is 7.02. The van der Waals surface area contributed by atoms with Crippen molar-refractivity contribution in [2.24, 2.45) is 0 Å². The average Bonchev–Trinajstić information content (AvgIpc) is 2.83. The zero-order chi connectivity index (χ0) is 13.2. The summed E-state index contributed by atoms with van der Waals surface area (Å²) in [6, 6.07) is 4.54. The van der Waals surface area contributed by atoms with Gasteiger partial charge < -0.3 is 5.73 Å². The minimum Gasteiger partial charge on any atom is -0.396 e. The number of aromatic nitrogens is 3. The molecule has 2 N–H and O–H groups in total. The van der Waals surface area contributed by atoms with Crippen molar-refractivity contribution in [2.75, 3.05) is 5.73 Å². The number of nitrogen functional groups attached to an aromatic ring is 1.